The van der Waals surface area contributed by atoms with Gasteiger partial charge in [0.1, 0.15) is 24.7 Å². The first-order valence-electron chi connectivity index (χ1n) is 10.2. The molecule has 0 N–H and O–H groups in total. The molecule has 1 fully saturated rings. The second-order valence-corrected chi connectivity index (χ2v) is 8.82. The van der Waals surface area contributed by atoms with E-state index in [4.69, 9.17) is 21.7 Å². The van der Waals surface area contributed by atoms with Crippen molar-refractivity contribution < 1.29 is 27.4 Å². The zero-order valence-electron chi connectivity index (χ0n) is 17.6. The maximum atomic E-state index is 13.1. The smallest absolute Gasteiger partial charge is 0.416 e. The second kappa shape index (κ2) is 10.3. The largest absolute Gasteiger partial charge is 0.490 e. The van der Waals surface area contributed by atoms with Crippen LogP contribution in [0, 0.1) is 0 Å². The van der Waals surface area contributed by atoms with Crippen LogP contribution in [0.4, 0.5) is 18.9 Å². The maximum absolute atomic E-state index is 13.1. The van der Waals surface area contributed by atoms with Gasteiger partial charge in [0, 0.05) is 0 Å². The van der Waals surface area contributed by atoms with Crippen LogP contribution >= 0.6 is 24.0 Å². The topological polar surface area (TPSA) is 38.8 Å². The fourth-order valence-corrected chi connectivity index (χ4v) is 4.49. The van der Waals surface area contributed by atoms with Crippen LogP contribution in [0.3, 0.4) is 0 Å². The molecular weight excluding hydrogens is 483 g/mol. The number of carbonyl (C=O) groups excluding carboxylic acids is 1. The number of hydrogen-bond acceptors (Lipinski definition) is 5. The average Bonchev–Trinajstić information content (AvgIpc) is 3.10. The normalized spacial score (nSPS) is 15.1. The summed E-state index contributed by atoms with van der Waals surface area (Å²) in [5, 5.41) is 0. The van der Waals surface area contributed by atoms with Gasteiger partial charge in [0.05, 0.1) is 16.2 Å². The molecule has 3 aromatic carbocycles. The fraction of sp³-hybridized carbons (Fsp3) is 0.120. The number of thiocarbonyl (C=S) groups is 1. The van der Waals surface area contributed by atoms with Crippen molar-refractivity contribution in [3.63, 3.8) is 0 Å². The molecular formula is C25H18F3NO3S2. The summed E-state index contributed by atoms with van der Waals surface area (Å²) in [4.78, 5) is 14.4. The Kier molecular flexibility index (Phi) is 7.23. The minimum absolute atomic E-state index is 0.0798. The van der Waals surface area contributed by atoms with E-state index in [0.29, 0.717) is 29.4 Å². The third kappa shape index (κ3) is 5.78. The van der Waals surface area contributed by atoms with Crippen molar-refractivity contribution in [2.75, 3.05) is 18.1 Å². The highest BCUT2D eigenvalue weighted by atomic mass is 32.2. The molecule has 0 atom stereocenters. The molecule has 1 saturated heterocycles. The van der Waals surface area contributed by atoms with Crippen molar-refractivity contribution in [1.82, 2.24) is 0 Å². The molecule has 0 saturated carbocycles. The highest BCUT2D eigenvalue weighted by molar-refractivity contribution is 8.27. The first-order chi connectivity index (χ1) is 16.3. The molecule has 4 rings (SSSR count). The number of benzene rings is 3. The van der Waals surface area contributed by atoms with Crippen molar-refractivity contribution in [3.05, 3.63) is 94.9 Å². The molecule has 4 nitrogen and oxygen atoms in total. The van der Waals surface area contributed by atoms with Gasteiger partial charge in [0.15, 0.2) is 4.32 Å². The number of amides is 1. The number of carbonyl (C=O) groups is 1. The van der Waals surface area contributed by atoms with Gasteiger partial charge < -0.3 is 9.47 Å². The summed E-state index contributed by atoms with van der Waals surface area (Å²) in [6.45, 7) is 0.694. The van der Waals surface area contributed by atoms with Gasteiger partial charge in [-0.2, -0.15) is 13.2 Å². The Balaban J connectivity index is 1.43. The van der Waals surface area contributed by atoms with E-state index in [-0.39, 0.29) is 10.0 Å². The van der Waals surface area contributed by atoms with Crippen LogP contribution in [0.25, 0.3) is 6.08 Å². The zero-order chi connectivity index (χ0) is 24.1. The highest BCUT2D eigenvalue weighted by Crippen LogP contribution is 2.38. The molecule has 1 aliphatic rings. The molecule has 0 aromatic heterocycles. The standard InChI is InChI=1S/C25H18F3NO3S2/c26-25(27,28)18-7-5-8-19(16-18)29-23(30)22(34-24(29)33)15-17-6-4-11-21(14-17)32-13-12-31-20-9-2-1-3-10-20/h1-11,14-16H,12-13H2/b22-15-. The molecule has 1 heterocycles. The first kappa shape index (κ1) is 23.8. The lowest BCUT2D eigenvalue weighted by atomic mass is 10.1. The Morgan fingerprint density at radius 1 is 0.882 bits per heavy atom. The summed E-state index contributed by atoms with van der Waals surface area (Å²) in [5.74, 6) is 0.873. The number of para-hydroxylation sites is 1. The Labute approximate surface area is 204 Å². The molecule has 0 bridgehead atoms. The SMILES string of the molecule is O=C1/C(=C/c2cccc(OCCOc3ccccc3)c2)SC(=S)N1c1cccc(C(F)(F)F)c1. The molecule has 9 heteroatoms. The van der Waals surface area contributed by atoms with E-state index in [0.717, 1.165) is 34.5 Å². The van der Waals surface area contributed by atoms with Gasteiger partial charge >= 0.3 is 6.18 Å². The highest BCUT2D eigenvalue weighted by Gasteiger charge is 2.36. The van der Waals surface area contributed by atoms with Crippen LogP contribution < -0.4 is 14.4 Å². The Morgan fingerprint density at radius 3 is 2.29 bits per heavy atom. The van der Waals surface area contributed by atoms with Gasteiger partial charge in [-0.25, -0.2) is 0 Å². The molecule has 1 amide bonds. The Hall–Kier alpha value is -3.30. The van der Waals surface area contributed by atoms with E-state index in [1.807, 2.05) is 30.3 Å². The number of hydrogen-bond donors (Lipinski definition) is 0. The number of nitrogens with zero attached hydrogens (tertiary/aromatic N) is 1. The van der Waals surface area contributed by atoms with E-state index in [1.165, 1.54) is 12.1 Å². The summed E-state index contributed by atoms with van der Waals surface area (Å²) in [6.07, 6.45) is -2.88. The Bertz CT molecular complexity index is 1230. The molecule has 3 aromatic rings. The van der Waals surface area contributed by atoms with Crippen LogP contribution in [0.1, 0.15) is 11.1 Å². The number of alkyl halides is 3. The van der Waals surface area contributed by atoms with Gasteiger partial charge in [0.2, 0.25) is 0 Å². The lowest BCUT2D eigenvalue weighted by molar-refractivity contribution is -0.137. The van der Waals surface area contributed by atoms with Crippen molar-refractivity contribution in [2.45, 2.75) is 6.18 Å². The molecule has 0 aliphatic carbocycles. The minimum Gasteiger partial charge on any atom is -0.490 e. The van der Waals surface area contributed by atoms with E-state index >= 15 is 0 Å². The number of halogens is 3. The van der Waals surface area contributed by atoms with Crippen LogP contribution in [0.2, 0.25) is 0 Å². The zero-order valence-corrected chi connectivity index (χ0v) is 19.3. The lowest BCUT2D eigenvalue weighted by Crippen LogP contribution is -2.27. The summed E-state index contributed by atoms with van der Waals surface area (Å²) in [7, 11) is 0. The van der Waals surface area contributed by atoms with Crippen molar-refractivity contribution >= 4 is 46.0 Å². The molecule has 34 heavy (non-hydrogen) atoms. The summed E-state index contributed by atoms with van der Waals surface area (Å²) >= 11 is 6.31. The predicted molar refractivity (Wildman–Crippen MR) is 131 cm³/mol. The summed E-state index contributed by atoms with van der Waals surface area (Å²) < 4.78 is 50.7. The van der Waals surface area contributed by atoms with Gasteiger partial charge in [-0.1, -0.05) is 60.4 Å². The third-order valence-electron chi connectivity index (χ3n) is 4.75. The molecule has 1 aliphatic heterocycles. The van der Waals surface area contributed by atoms with E-state index in [2.05, 4.69) is 0 Å². The second-order valence-electron chi connectivity index (χ2n) is 7.15. The van der Waals surface area contributed by atoms with Crippen molar-refractivity contribution in [3.8, 4) is 11.5 Å². The van der Waals surface area contributed by atoms with Crippen LogP contribution in [-0.4, -0.2) is 23.4 Å². The van der Waals surface area contributed by atoms with Gasteiger partial charge in [-0.05, 0) is 54.1 Å². The van der Waals surface area contributed by atoms with E-state index in [1.54, 1.807) is 30.3 Å². The first-order valence-corrected chi connectivity index (χ1v) is 11.4. The van der Waals surface area contributed by atoms with Gasteiger partial charge in [-0.3, -0.25) is 9.69 Å². The molecule has 0 radical (unpaired) electrons. The number of anilines is 1. The van der Waals surface area contributed by atoms with E-state index in [9.17, 15) is 18.0 Å². The minimum atomic E-state index is -4.52. The quantitative estimate of drug-likeness (QED) is 0.208. The van der Waals surface area contributed by atoms with Crippen molar-refractivity contribution in [2.24, 2.45) is 0 Å². The fourth-order valence-electron chi connectivity index (χ4n) is 3.19. The van der Waals surface area contributed by atoms with Crippen LogP contribution in [0.15, 0.2) is 83.8 Å². The number of ether oxygens (including phenoxy) is 2. The predicted octanol–water partition coefficient (Wildman–Crippen LogP) is 6.57. The molecule has 174 valence electrons. The van der Waals surface area contributed by atoms with Gasteiger partial charge in [-0.15, -0.1) is 0 Å². The molecule has 0 spiro atoms. The van der Waals surface area contributed by atoms with Crippen LogP contribution in [-0.2, 0) is 11.0 Å². The third-order valence-corrected chi connectivity index (χ3v) is 6.05. The maximum Gasteiger partial charge on any atom is 0.416 e. The molecule has 0 unspecified atom stereocenters. The van der Waals surface area contributed by atoms with Crippen molar-refractivity contribution in [1.29, 1.82) is 0 Å². The summed E-state index contributed by atoms with van der Waals surface area (Å²) in [6, 6.07) is 21.1. The average molecular weight is 502 g/mol. The lowest BCUT2D eigenvalue weighted by Gasteiger charge is -2.16. The van der Waals surface area contributed by atoms with E-state index < -0.39 is 17.6 Å². The monoisotopic (exact) mass is 501 g/mol. The van der Waals surface area contributed by atoms with Gasteiger partial charge in [0.25, 0.3) is 5.91 Å². The number of thioether (sulfide) groups is 1. The van der Waals surface area contributed by atoms with Crippen LogP contribution in [0.5, 0.6) is 11.5 Å². The summed E-state index contributed by atoms with van der Waals surface area (Å²) in [5.41, 5.74) is -0.0635. The number of rotatable bonds is 7. The Morgan fingerprint density at radius 2 is 1.56 bits per heavy atom.